The summed E-state index contributed by atoms with van der Waals surface area (Å²) in [6, 6.07) is 0. The van der Waals surface area contributed by atoms with Gasteiger partial charge in [-0.3, -0.25) is 9.09 Å². The van der Waals surface area contributed by atoms with Crippen LogP contribution in [0.2, 0.25) is 0 Å². The number of hydrogen-bond donors (Lipinski definition) is 8. The molecular formula is C10H17N5O14P3+. The Morgan fingerprint density at radius 2 is 1.75 bits per heavy atom. The molecule has 1 aliphatic rings. The van der Waals surface area contributed by atoms with Crippen LogP contribution in [-0.4, -0.2) is 74.4 Å². The Bertz CT molecular complexity index is 1150. The zero-order valence-corrected chi connectivity index (χ0v) is 18.1. The lowest BCUT2D eigenvalue weighted by molar-refractivity contribution is -0.894. The number of ether oxygens (including phenoxy) is 1. The summed E-state index contributed by atoms with van der Waals surface area (Å²) in [5, 5.41) is 29.9. The number of aromatic nitrogens is 4. The summed E-state index contributed by atoms with van der Waals surface area (Å²) in [7, 11) is -16.7. The van der Waals surface area contributed by atoms with Crippen molar-refractivity contribution in [1.82, 2.24) is 14.5 Å². The number of phosphoric acid groups is 3. The van der Waals surface area contributed by atoms with E-state index in [4.69, 9.17) is 25.2 Å². The number of aliphatic hydroxyl groups excluding tert-OH is 2. The van der Waals surface area contributed by atoms with Crippen LogP contribution in [0.3, 0.4) is 0 Å². The molecule has 1 aliphatic heterocycles. The first-order valence-corrected chi connectivity index (χ1v) is 12.6. The molecular weight excluding hydrogens is 507 g/mol. The molecule has 1 fully saturated rings. The highest BCUT2D eigenvalue weighted by Gasteiger charge is 2.47. The molecule has 19 nitrogen and oxygen atoms in total. The summed E-state index contributed by atoms with van der Waals surface area (Å²) in [5.74, 6) is -0.189. The molecule has 0 amide bonds. The van der Waals surface area contributed by atoms with Gasteiger partial charge < -0.3 is 45.5 Å². The van der Waals surface area contributed by atoms with E-state index in [-0.39, 0.29) is 17.0 Å². The average molecular weight is 524 g/mol. The van der Waals surface area contributed by atoms with E-state index < -0.39 is 54.6 Å². The van der Waals surface area contributed by atoms with Gasteiger partial charge in [0.25, 0.3) is 12.1 Å². The minimum absolute atomic E-state index is 0.0250. The zero-order valence-electron chi connectivity index (χ0n) is 15.4. The van der Waals surface area contributed by atoms with E-state index in [0.29, 0.717) is 4.73 Å². The molecule has 2 aromatic rings. The number of hydrogen-bond acceptors (Lipinski definition) is 13. The lowest BCUT2D eigenvalue weighted by atomic mass is 10.1. The van der Waals surface area contributed by atoms with Gasteiger partial charge in [-0.2, -0.15) is 8.62 Å². The van der Waals surface area contributed by atoms with Crippen molar-refractivity contribution in [3.05, 3.63) is 12.7 Å². The quantitative estimate of drug-likeness (QED) is 0.101. The van der Waals surface area contributed by atoms with Gasteiger partial charge in [-0.25, -0.2) is 18.7 Å². The Balaban J connectivity index is 1.71. The Morgan fingerprint density at radius 1 is 1.09 bits per heavy atom. The topological polar surface area (TPSA) is 290 Å². The van der Waals surface area contributed by atoms with Crippen molar-refractivity contribution < 1.29 is 71.3 Å². The summed E-state index contributed by atoms with van der Waals surface area (Å²) in [4.78, 5) is 43.4. The van der Waals surface area contributed by atoms with Crippen molar-refractivity contribution in [3.63, 3.8) is 0 Å². The number of aliphatic hydroxyl groups is 2. The number of nitrogens with zero attached hydrogens (tertiary/aromatic N) is 4. The van der Waals surface area contributed by atoms with Crippen molar-refractivity contribution in [2.24, 2.45) is 0 Å². The van der Waals surface area contributed by atoms with Gasteiger partial charge in [0.1, 0.15) is 24.6 Å². The molecule has 6 atom stereocenters. The van der Waals surface area contributed by atoms with Crippen LogP contribution in [0.15, 0.2) is 12.7 Å². The third-order valence-electron chi connectivity index (χ3n) is 3.98. The average Bonchev–Trinajstić information content (AvgIpc) is 3.16. The van der Waals surface area contributed by atoms with Crippen molar-refractivity contribution in [3.8, 4) is 0 Å². The van der Waals surface area contributed by atoms with Crippen LogP contribution < -0.4 is 10.5 Å². The molecule has 0 spiro atoms. The van der Waals surface area contributed by atoms with Crippen LogP contribution in [0.5, 0.6) is 0 Å². The molecule has 1 saturated heterocycles. The molecule has 0 radical (unpaired) electrons. The molecule has 32 heavy (non-hydrogen) atoms. The number of phosphoric ester groups is 1. The van der Waals surface area contributed by atoms with Crippen LogP contribution in [0.25, 0.3) is 11.2 Å². The smallest absolute Gasteiger partial charge is 0.387 e. The molecule has 3 heterocycles. The van der Waals surface area contributed by atoms with E-state index >= 15 is 0 Å². The van der Waals surface area contributed by atoms with Crippen molar-refractivity contribution in [2.75, 3.05) is 12.3 Å². The molecule has 0 aromatic carbocycles. The van der Waals surface area contributed by atoms with Gasteiger partial charge in [-0.15, -0.1) is 0 Å². The van der Waals surface area contributed by atoms with E-state index in [1.807, 2.05) is 0 Å². The van der Waals surface area contributed by atoms with E-state index in [0.717, 1.165) is 17.2 Å². The van der Waals surface area contributed by atoms with Crippen LogP contribution in [0.4, 0.5) is 5.82 Å². The van der Waals surface area contributed by atoms with Crippen molar-refractivity contribution in [1.29, 1.82) is 0 Å². The predicted molar refractivity (Wildman–Crippen MR) is 95.1 cm³/mol. The second-order valence-electron chi connectivity index (χ2n) is 6.23. The zero-order chi connectivity index (χ0) is 24.1. The van der Waals surface area contributed by atoms with Crippen molar-refractivity contribution in [2.45, 2.75) is 24.5 Å². The SMILES string of the molecule is Nc1c2ncn(C3OC(COP(=O)(O)OP(=O)(O)OP(=O)(O)O)C(O)C3O)c2nc[n+]1O. The summed E-state index contributed by atoms with van der Waals surface area (Å²) in [5.41, 5.74) is 5.72. The first kappa shape index (κ1) is 25.1. The third-order valence-corrected chi connectivity index (χ3v) is 7.78. The second-order valence-corrected chi connectivity index (χ2v) is 10.7. The molecule has 0 aliphatic carbocycles. The molecule has 0 bridgehead atoms. The number of nitrogens with two attached hydrogens (primary N) is 1. The highest BCUT2D eigenvalue weighted by atomic mass is 31.3. The van der Waals surface area contributed by atoms with E-state index in [1.165, 1.54) is 0 Å². The summed E-state index contributed by atoms with van der Waals surface area (Å²) in [6.45, 7) is -0.989. The first-order chi connectivity index (χ1) is 14.6. The lowest BCUT2D eigenvalue weighted by Gasteiger charge is -2.19. The standard InChI is InChI=1S/C10H16N5O14P3/c11-8-5-9(13-3-15(8)18)14(2-12-5)10-7(17)6(16)4(27-10)1-26-31(22,23)29-32(24,25)28-30(19,20)21/h2-4,6-7,10-11,16-18H,1H2,(H4,19,20,21,22,23,24,25)/p+1. The van der Waals surface area contributed by atoms with Gasteiger partial charge in [-0.05, 0) is 0 Å². The Labute approximate surface area is 176 Å². The maximum Gasteiger partial charge on any atom is 0.490 e. The number of anilines is 1. The Hall–Kier alpha value is -1.56. The molecule has 9 N–H and O–H groups in total. The largest absolute Gasteiger partial charge is 0.490 e. The molecule has 22 heteroatoms. The minimum Gasteiger partial charge on any atom is -0.387 e. The van der Waals surface area contributed by atoms with Gasteiger partial charge in [0.2, 0.25) is 11.2 Å². The molecule has 6 unspecified atom stereocenters. The molecule has 2 aromatic heterocycles. The fraction of sp³-hybridized carbons (Fsp3) is 0.500. The highest BCUT2D eigenvalue weighted by molar-refractivity contribution is 7.66. The third kappa shape index (κ3) is 5.49. The minimum atomic E-state index is -5.72. The lowest BCUT2D eigenvalue weighted by Crippen LogP contribution is -2.35. The van der Waals surface area contributed by atoms with Crippen LogP contribution >= 0.6 is 23.5 Å². The van der Waals surface area contributed by atoms with Crippen LogP contribution in [-0.2, 0) is 31.6 Å². The first-order valence-electron chi connectivity index (χ1n) is 8.12. The van der Waals surface area contributed by atoms with E-state index in [9.17, 15) is 34.0 Å². The van der Waals surface area contributed by atoms with Crippen LogP contribution in [0, 0.1) is 0 Å². The second kappa shape index (κ2) is 8.66. The number of fused-ring (bicyclic) bond motifs is 1. The van der Waals surface area contributed by atoms with Gasteiger partial charge in [0.05, 0.1) is 6.61 Å². The number of rotatable bonds is 8. The normalized spacial score (nSPS) is 27.9. The Morgan fingerprint density at radius 3 is 2.38 bits per heavy atom. The van der Waals surface area contributed by atoms with E-state index in [2.05, 4.69) is 23.1 Å². The number of imidazole rings is 1. The Kier molecular flexibility index (Phi) is 6.78. The van der Waals surface area contributed by atoms with Crippen LogP contribution in [0.1, 0.15) is 6.23 Å². The van der Waals surface area contributed by atoms with Crippen molar-refractivity contribution >= 4 is 40.4 Å². The fourth-order valence-corrected chi connectivity index (χ4v) is 5.73. The van der Waals surface area contributed by atoms with Gasteiger partial charge in [0, 0.05) is 0 Å². The summed E-state index contributed by atoms with van der Waals surface area (Å²) < 4.78 is 52.3. The maximum absolute atomic E-state index is 11.8. The number of nitrogen functional groups attached to an aromatic ring is 1. The predicted octanol–water partition coefficient (Wildman–Crippen LogP) is -2.50. The van der Waals surface area contributed by atoms with Gasteiger partial charge in [-0.1, -0.05) is 9.71 Å². The summed E-state index contributed by atoms with van der Waals surface area (Å²) in [6.07, 6.45) is -4.16. The van der Waals surface area contributed by atoms with E-state index in [1.54, 1.807) is 0 Å². The maximum atomic E-state index is 11.8. The monoisotopic (exact) mass is 524 g/mol. The highest BCUT2D eigenvalue weighted by Crippen LogP contribution is 2.66. The molecule has 3 rings (SSSR count). The molecule has 0 saturated carbocycles. The van der Waals surface area contributed by atoms with Gasteiger partial charge >= 0.3 is 23.5 Å². The molecule has 180 valence electrons. The fourth-order valence-electron chi connectivity index (χ4n) is 2.70. The van der Waals surface area contributed by atoms with Gasteiger partial charge in [0.15, 0.2) is 6.23 Å². The summed E-state index contributed by atoms with van der Waals surface area (Å²) >= 11 is 0.